The highest BCUT2D eigenvalue weighted by Gasteiger charge is 2.31. The fourth-order valence-corrected chi connectivity index (χ4v) is 3.42. The molecule has 11 heteroatoms. The number of carbonyl (C=O) groups excluding carboxylic acids is 1. The summed E-state index contributed by atoms with van der Waals surface area (Å²) in [5.74, 6) is -1.17. The summed E-state index contributed by atoms with van der Waals surface area (Å²) in [4.78, 5) is 35.9. The van der Waals surface area contributed by atoms with Crippen LogP contribution in [0.3, 0.4) is 0 Å². The van der Waals surface area contributed by atoms with E-state index in [4.69, 9.17) is 0 Å². The highest BCUT2D eigenvalue weighted by Crippen LogP contribution is 2.40. The van der Waals surface area contributed by atoms with E-state index in [1.807, 2.05) is 0 Å². The normalized spacial score (nSPS) is 17.1. The van der Waals surface area contributed by atoms with Crippen LogP contribution in [0.1, 0.15) is 57.4 Å². The van der Waals surface area contributed by atoms with E-state index in [0.717, 1.165) is 19.0 Å². The summed E-state index contributed by atoms with van der Waals surface area (Å²) in [6.45, 7) is 1.32. The summed E-state index contributed by atoms with van der Waals surface area (Å²) in [6, 6.07) is 1.38. The number of halogens is 2. The molecule has 0 radical (unpaired) electrons. The lowest BCUT2D eigenvalue weighted by atomic mass is 10.2. The first-order chi connectivity index (χ1) is 13.8. The number of piperazine rings is 1. The summed E-state index contributed by atoms with van der Waals surface area (Å²) in [5.41, 5.74) is 0.223. The van der Waals surface area contributed by atoms with Gasteiger partial charge >= 0.3 is 5.97 Å². The molecule has 4 rings (SSSR count). The van der Waals surface area contributed by atoms with E-state index in [1.54, 1.807) is 4.90 Å². The molecular formula is C18H20F2N6O3. The number of hydrogen-bond acceptors (Lipinski definition) is 6. The van der Waals surface area contributed by atoms with E-state index < -0.39 is 18.3 Å². The van der Waals surface area contributed by atoms with Crippen LogP contribution in [0.5, 0.6) is 0 Å². The SMILES string of the molecule is Cn1ncc(C(=O)O)c1C(=O)N1CCN(c2nc(C(F)F)cc(C3CC3)n2)CC1. The minimum Gasteiger partial charge on any atom is -0.478 e. The van der Waals surface area contributed by atoms with Crippen molar-refractivity contribution < 1.29 is 23.5 Å². The fourth-order valence-electron chi connectivity index (χ4n) is 3.42. The van der Waals surface area contributed by atoms with Crippen molar-refractivity contribution in [3.8, 4) is 0 Å². The second-order valence-corrected chi connectivity index (χ2v) is 7.21. The summed E-state index contributed by atoms with van der Waals surface area (Å²) in [6.07, 6.45) is 0.363. The number of anilines is 1. The van der Waals surface area contributed by atoms with Gasteiger partial charge < -0.3 is 14.9 Å². The second-order valence-electron chi connectivity index (χ2n) is 7.21. The number of alkyl halides is 2. The first kappa shape index (κ1) is 19.2. The molecule has 1 saturated heterocycles. The van der Waals surface area contributed by atoms with Gasteiger partial charge in [0.05, 0.1) is 6.20 Å². The smallest absolute Gasteiger partial charge is 0.339 e. The number of carboxylic acid groups (broad SMARTS) is 1. The van der Waals surface area contributed by atoms with Gasteiger partial charge in [0.2, 0.25) is 5.95 Å². The van der Waals surface area contributed by atoms with Gasteiger partial charge in [-0.2, -0.15) is 5.10 Å². The average molecular weight is 406 g/mol. The van der Waals surface area contributed by atoms with Crippen LogP contribution in [0.25, 0.3) is 0 Å². The van der Waals surface area contributed by atoms with Crippen LogP contribution in [-0.2, 0) is 7.05 Å². The molecule has 0 unspecified atom stereocenters. The Kier molecular flexibility index (Phi) is 4.89. The molecule has 0 spiro atoms. The number of aryl methyl sites for hydroxylation is 1. The van der Waals surface area contributed by atoms with E-state index in [0.29, 0.717) is 31.9 Å². The Bertz CT molecular complexity index is 931. The summed E-state index contributed by atoms with van der Waals surface area (Å²) in [5, 5.41) is 13.1. The minimum atomic E-state index is -2.67. The highest BCUT2D eigenvalue weighted by molar-refractivity contribution is 6.03. The molecule has 1 aliphatic carbocycles. The Hall–Kier alpha value is -3.11. The van der Waals surface area contributed by atoms with Crippen molar-refractivity contribution in [2.45, 2.75) is 25.2 Å². The average Bonchev–Trinajstić information content (AvgIpc) is 3.49. The van der Waals surface area contributed by atoms with Crippen molar-refractivity contribution in [1.29, 1.82) is 0 Å². The van der Waals surface area contributed by atoms with Crippen LogP contribution in [0.15, 0.2) is 12.3 Å². The first-order valence-electron chi connectivity index (χ1n) is 9.31. The largest absolute Gasteiger partial charge is 0.478 e. The number of carboxylic acids is 1. The number of rotatable bonds is 5. The molecule has 0 atom stereocenters. The van der Waals surface area contributed by atoms with E-state index in [2.05, 4.69) is 15.1 Å². The Balaban J connectivity index is 1.49. The minimum absolute atomic E-state index is 0.0120. The van der Waals surface area contributed by atoms with Crippen LogP contribution in [-0.4, -0.2) is 67.8 Å². The zero-order valence-corrected chi connectivity index (χ0v) is 15.8. The molecule has 2 fully saturated rings. The lowest BCUT2D eigenvalue weighted by Crippen LogP contribution is -2.50. The summed E-state index contributed by atoms with van der Waals surface area (Å²) in [7, 11) is 1.51. The molecule has 1 amide bonds. The molecule has 9 nitrogen and oxygen atoms in total. The zero-order valence-electron chi connectivity index (χ0n) is 15.8. The Labute approximate surface area is 165 Å². The maximum Gasteiger partial charge on any atom is 0.339 e. The molecule has 29 heavy (non-hydrogen) atoms. The highest BCUT2D eigenvalue weighted by atomic mass is 19.3. The number of amides is 1. The molecule has 3 heterocycles. The predicted octanol–water partition coefficient (Wildman–Crippen LogP) is 1.69. The Morgan fingerprint density at radius 3 is 2.45 bits per heavy atom. The van der Waals surface area contributed by atoms with Gasteiger partial charge in [-0.05, 0) is 18.9 Å². The van der Waals surface area contributed by atoms with Crippen LogP contribution in [0, 0.1) is 0 Å². The number of hydrogen-bond donors (Lipinski definition) is 1. The quantitative estimate of drug-likeness (QED) is 0.806. The predicted molar refractivity (Wildman–Crippen MR) is 97.2 cm³/mol. The first-order valence-corrected chi connectivity index (χ1v) is 9.31. The molecule has 154 valence electrons. The standard InChI is InChI=1S/C18H20F2N6O3/c1-24-14(11(9-21-24)17(28)29)16(27)25-4-6-26(7-5-25)18-22-12(10-2-3-10)8-13(23-18)15(19)20/h8-10,15H,2-7H2,1H3,(H,28,29). The van der Waals surface area contributed by atoms with Crippen molar-refractivity contribution in [3.05, 3.63) is 34.9 Å². The Morgan fingerprint density at radius 2 is 1.86 bits per heavy atom. The van der Waals surface area contributed by atoms with Gasteiger partial charge in [0.1, 0.15) is 17.0 Å². The van der Waals surface area contributed by atoms with Crippen molar-refractivity contribution in [3.63, 3.8) is 0 Å². The summed E-state index contributed by atoms with van der Waals surface area (Å²) >= 11 is 0. The van der Waals surface area contributed by atoms with Crippen molar-refractivity contribution >= 4 is 17.8 Å². The molecule has 1 aliphatic heterocycles. The fraction of sp³-hybridized carbons (Fsp3) is 0.500. The molecule has 1 N–H and O–H groups in total. The maximum absolute atomic E-state index is 13.2. The van der Waals surface area contributed by atoms with Crippen molar-refractivity contribution in [1.82, 2.24) is 24.6 Å². The van der Waals surface area contributed by atoms with Crippen LogP contribution < -0.4 is 4.90 Å². The number of aromatic carboxylic acids is 1. The number of aromatic nitrogens is 4. The van der Waals surface area contributed by atoms with Gasteiger partial charge in [0.15, 0.2) is 0 Å². The third-order valence-electron chi connectivity index (χ3n) is 5.19. The zero-order chi connectivity index (χ0) is 20.7. The second kappa shape index (κ2) is 7.37. The van der Waals surface area contributed by atoms with E-state index in [9.17, 15) is 23.5 Å². The molecule has 2 aromatic heterocycles. The monoisotopic (exact) mass is 406 g/mol. The lowest BCUT2D eigenvalue weighted by Gasteiger charge is -2.35. The van der Waals surface area contributed by atoms with E-state index >= 15 is 0 Å². The van der Waals surface area contributed by atoms with Gasteiger partial charge in [-0.3, -0.25) is 9.48 Å². The van der Waals surface area contributed by atoms with Crippen LogP contribution >= 0.6 is 0 Å². The third kappa shape index (κ3) is 3.76. The van der Waals surface area contributed by atoms with Gasteiger partial charge in [0.25, 0.3) is 12.3 Å². The van der Waals surface area contributed by atoms with Crippen LogP contribution in [0.4, 0.5) is 14.7 Å². The molecule has 0 bridgehead atoms. The number of nitrogens with zero attached hydrogens (tertiary/aromatic N) is 6. The summed E-state index contributed by atoms with van der Waals surface area (Å²) < 4.78 is 27.7. The van der Waals surface area contributed by atoms with Gasteiger partial charge in [-0.25, -0.2) is 23.5 Å². The Morgan fingerprint density at radius 1 is 1.17 bits per heavy atom. The van der Waals surface area contributed by atoms with Crippen molar-refractivity contribution in [2.24, 2.45) is 7.05 Å². The molecular weight excluding hydrogens is 386 g/mol. The molecule has 1 saturated carbocycles. The lowest BCUT2D eigenvalue weighted by molar-refractivity contribution is 0.0669. The molecule has 2 aromatic rings. The topological polar surface area (TPSA) is 104 Å². The molecule has 2 aliphatic rings. The van der Waals surface area contributed by atoms with Crippen LogP contribution in [0.2, 0.25) is 0 Å². The third-order valence-corrected chi connectivity index (χ3v) is 5.19. The van der Waals surface area contributed by atoms with Crippen molar-refractivity contribution in [2.75, 3.05) is 31.1 Å². The van der Waals surface area contributed by atoms with Gasteiger partial charge in [-0.1, -0.05) is 0 Å². The molecule has 0 aromatic carbocycles. The van der Waals surface area contributed by atoms with Gasteiger partial charge in [0, 0.05) is 44.8 Å². The maximum atomic E-state index is 13.2. The van der Waals surface area contributed by atoms with E-state index in [1.165, 1.54) is 22.7 Å². The van der Waals surface area contributed by atoms with E-state index in [-0.39, 0.29) is 28.8 Å². The van der Waals surface area contributed by atoms with Gasteiger partial charge in [-0.15, -0.1) is 0 Å². The number of carbonyl (C=O) groups is 2.